The fourth-order valence-electron chi connectivity index (χ4n) is 8.77. The molecule has 2 amide bonds. The molecular formula is C37H57N5O17. The molecule has 0 spiro atoms. The molecule has 59 heavy (non-hydrogen) atoms. The lowest BCUT2D eigenvalue weighted by Crippen LogP contribution is -2.67. The van der Waals surface area contributed by atoms with E-state index in [4.69, 9.17) is 29.4 Å². The van der Waals surface area contributed by atoms with Crippen LogP contribution in [0.2, 0.25) is 0 Å². The maximum Gasteiger partial charge on any atom is 0.332 e. The summed E-state index contributed by atoms with van der Waals surface area (Å²) >= 11 is 0. The van der Waals surface area contributed by atoms with Crippen LogP contribution in [-0.4, -0.2) is 164 Å². The lowest BCUT2D eigenvalue weighted by molar-refractivity contribution is -0.301. The second-order valence-electron chi connectivity index (χ2n) is 15.9. The third kappa shape index (κ3) is 11.3. The van der Waals surface area contributed by atoms with E-state index >= 15 is 0 Å². The molecule has 12 N–H and O–H groups in total. The summed E-state index contributed by atoms with van der Waals surface area (Å²) in [4.78, 5) is 80.7. The molecule has 2 aliphatic carbocycles. The summed E-state index contributed by atoms with van der Waals surface area (Å²) in [6.45, 7) is 0.0975. The zero-order valence-electron chi connectivity index (χ0n) is 32.8. The average Bonchev–Trinajstić information content (AvgIpc) is 3.21. The van der Waals surface area contributed by atoms with E-state index in [9.17, 15) is 59.4 Å². The van der Waals surface area contributed by atoms with Crippen molar-refractivity contribution in [3.05, 3.63) is 32.6 Å². The number of amides is 2. The number of aliphatic hydroxyl groups is 5. The number of carboxylic acids is 1. The van der Waals surface area contributed by atoms with E-state index in [1.165, 1.54) is 6.92 Å². The molecule has 15 atom stereocenters. The Morgan fingerprint density at radius 2 is 1.66 bits per heavy atom. The van der Waals surface area contributed by atoms with Gasteiger partial charge in [0.15, 0.2) is 12.4 Å². The normalized spacial score (nSPS) is 35.9. The Labute approximate surface area is 338 Å². The topological polar surface area (TPSA) is 352 Å². The number of rotatable bonds is 15. The van der Waals surface area contributed by atoms with Crippen LogP contribution in [0.5, 0.6) is 0 Å². The quantitative estimate of drug-likeness (QED) is 0.0758. The molecule has 0 radical (unpaired) electrons. The molecule has 2 saturated carbocycles. The van der Waals surface area contributed by atoms with Crippen LogP contribution in [0.4, 0.5) is 0 Å². The van der Waals surface area contributed by atoms with Crippen LogP contribution in [0, 0.1) is 17.8 Å². The molecule has 1 aromatic rings. The number of aliphatic carboxylic acids is 1. The third-order valence-electron chi connectivity index (χ3n) is 11.9. The fraction of sp³-hybridized carbons (Fsp3) is 0.784. The van der Waals surface area contributed by atoms with Gasteiger partial charge in [-0.05, 0) is 38.5 Å². The number of methoxy groups -OCH3 is 1. The summed E-state index contributed by atoms with van der Waals surface area (Å²) < 4.78 is 29.7. The van der Waals surface area contributed by atoms with Crippen molar-refractivity contribution in [1.29, 1.82) is 0 Å². The molecule has 0 bridgehead atoms. The van der Waals surface area contributed by atoms with E-state index in [-0.39, 0.29) is 31.6 Å². The van der Waals surface area contributed by atoms with Gasteiger partial charge in [-0.25, -0.2) is 9.59 Å². The number of carboxylic acid groups (broad SMARTS) is 1. The van der Waals surface area contributed by atoms with Crippen LogP contribution in [0.15, 0.2) is 15.7 Å². The smallest absolute Gasteiger partial charge is 0.332 e. The van der Waals surface area contributed by atoms with Crippen LogP contribution >= 0.6 is 0 Å². The van der Waals surface area contributed by atoms with Crippen molar-refractivity contribution >= 4 is 23.8 Å². The van der Waals surface area contributed by atoms with Crippen molar-refractivity contribution in [2.24, 2.45) is 23.5 Å². The summed E-state index contributed by atoms with van der Waals surface area (Å²) in [7, 11) is 1.14. The summed E-state index contributed by atoms with van der Waals surface area (Å²) in [6, 6.07) is -1.76. The van der Waals surface area contributed by atoms with Gasteiger partial charge >= 0.3 is 17.6 Å². The van der Waals surface area contributed by atoms with Gasteiger partial charge in [0.25, 0.3) is 11.5 Å². The first-order chi connectivity index (χ1) is 28.0. The molecule has 0 aromatic carbocycles. The molecule has 3 heterocycles. The van der Waals surface area contributed by atoms with Crippen molar-refractivity contribution in [1.82, 2.24) is 20.6 Å². The lowest BCUT2D eigenvalue weighted by Gasteiger charge is -2.49. The second kappa shape index (κ2) is 20.6. The Morgan fingerprint density at radius 3 is 2.29 bits per heavy atom. The molecule has 4 fully saturated rings. The SMILES string of the molecule is COC(=O)C1CC(O[C@@H]2O[C@@H](CO)C(O)C(O[C@@H](CC3CCCCC3)C(=O)O)C2NC(=O)CN)C(CC2OC(C)C(O)C(O)C2O)[C@H](NC(=O)c2cc(=O)[nH]c(=O)[nH]2)C1. The van der Waals surface area contributed by atoms with Gasteiger partial charge in [0.2, 0.25) is 5.91 Å². The maximum atomic E-state index is 13.6. The van der Waals surface area contributed by atoms with Crippen LogP contribution in [0.3, 0.4) is 0 Å². The predicted molar refractivity (Wildman–Crippen MR) is 199 cm³/mol. The van der Waals surface area contributed by atoms with Gasteiger partial charge in [-0.1, -0.05) is 32.1 Å². The van der Waals surface area contributed by atoms with Crippen LogP contribution in [0.25, 0.3) is 0 Å². The number of aromatic amines is 2. The first-order valence-corrected chi connectivity index (χ1v) is 19.9. The summed E-state index contributed by atoms with van der Waals surface area (Å²) in [5.41, 5.74) is 3.37. The van der Waals surface area contributed by atoms with Crippen LogP contribution in [0.1, 0.15) is 75.2 Å². The highest BCUT2D eigenvalue weighted by molar-refractivity contribution is 5.92. The zero-order chi connectivity index (χ0) is 43.1. The molecule has 5 rings (SSSR count). The maximum absolute atomic E-state index is 13.6. The highest BCUT2D eigenvalue weighted by Gasteiger charge is 2.53. The third-order valence-corrected chi connectivity index (χ3v) is 11.9. The van der Waals surface area contributed by atoms with E-state index in [1.54, 1.807) is 0 Å². The summed E-state index contributed by atoms with van der Waals surface area (Å²) in [6.07, 6.45) is -12.1. The predicted octanol–water partition coefficient (Wildman–Crippen LogP) is -3.66. The van der Waals surface area contributed by atoms with E-state index in [0.29, 0.717) is 0 Å². The Bertz CT molecular complexity index is 1690. The summed E-state index contributed by atoms with van der Waals surface area (Å²) in [5, 5.41) is 69.6. The number of aromatic nitrogens is 2. The van der Waals surface area contributed by atoms with Gasteiger partial charge in [-0.2, -0.15) is 0 Å². The molecule has 22 nitrogen and oxygen atoms in total. The van der Waals surface area contributed by atoms with Gasteiger partial charge in [0.1, 0.15) is 48.4 Å². The van der Waals surface area contributed by atoms with Gasteiger partial charge in [-0.15, -0.1) is 0 Å². The Kier molecular flexibility index (Phi) is 16.2. The number of nitrogens with one attached hydrogen (secondary N) is 4. The molecule has 4 aliphatic rings. The highest BCUT2D eigenvalue weighted by Crippen LogP contribution is 2.40. The number of esters is 1. The van der Waals surface area contributed by atoms with Crippen LogP contribution < -0.4 is 27.6 Å². The lowest BCUT2D eigenvalue weighted by atomic mass is 9.72. The van der Waals surface area contributed by atoms with E-state index < -0.39 is 145 Å². The monoisotopic (exact) mass is 843 g/mol. The van der Waals surface area contributed by atoms with Crippen molar-refractivity contribution in [3.63, 3.8) is 0 Å². The minimum atomic E-state index is -1.70. The molecule has 2 aliphatic heterocycles. The second-order valence-corrected chi connectivity index (χ2v) is 15.9. The van der Waals surface area contributed by atoms with E-state index in [2.05, 4.69) is 15.6 Å². The molecule has 332 valence electrons. The van der Waals surface area contributed by atoms with Crippen molar-refractivity contribution in [2.75, 3.05) is 20.3 Å². The number of nitrogens with two attached hydrogens (primary N) is 1. The van der Waals surface area contributed by atoms with Gasteiger partial charge in [0, 0.05) is 18.0 Å². The fourth-order valence-corrected chi connectivity index (χ4v) is 8.77. The molecule has 1 aromatic heterocycles. The number of hydrogen-bond acceptors (Lipinski definition) is 17. The van der Waals surface area contributed by atoms with Crippen molar-refractivity contribution in [2.45, 2.75) is 144 Å². The van der Waals surface area contributed by atoms with Gasteiger partial charge in [0.05, 0.1) is 44.5 Å². The van der Waals surface area contributed by atoms with E-state index in [1.807, 2.05) is 4.98 Å². The Balaban J connectivity index is 1.54. The summed E-state index contributed by atoms with van der Waals surface area (Å²) in [5.74, 6) is -5.77. The number of aliphatic hydroxyl groups excluding tert-OH is 5. The first kappa shape index (κ1) is 46.2. The van der Waals surface area contributed by atoms with Gasteiger partial charge < -0.3 is 75.7 Å². The zero-order valence-corrected chi connectivity index (χ0v) is 32.8. The Morgan fingerprint density at radius 1 is 0.949 bits per heavy atom. The average molecular weight is 844 g/mol. The Hall–Kier alpha value is -3.84. The number of ether oxygens (including phenoxy) is 5. The number of H-pyrrole nitrogens is 2. The minimum Gasteiger partial charge on any atom is -0.479 e. The molecule has 11 unspecified atom stereocenters. The molecular weight excluding hydrogens is 786 g/mol. The standard InChI is InChI=1S/C37H57N5O17/c1-15-28(46)31(49)29(47)22(56-15)11-18-19(39-33(50)20-12-25(44)42-37(54)40-20)9-17(35(53)55-2)10-21(18)58-36-27(41-26(45)13-38)32(30(48)24(14-43)59-36)57-23(34(51)52)8-16-6-4-3-5-7-16/h12,15-19,21-24,27-32,36,43,46-49H,3-11,13-14,38H2,1-2H3,(H,39,50)(H,41,45)(H,51,52)(H2,40,42,44,54)/t15?,17?,18?,19-,21?,22?,23+,24+,27?,28?,29?,30?,31?,32?,36-/m1/s1. The molecule has 2 saturated heterocycles. The molecule has 22 heteroatoms. The number of hydrogen-bond donors (Lipinski definition) is 11. The van der Waals surface area contributed by atoms with Gasteiger partial charge in [-0.3, -0.25) is 24.2 Å². The van der Waals surface area contributed by atoms with Crippen molar-refractivity contribution in [3.8, 4) is 0 Å². The minimum absolute atomic E-state index is 0.0109. The van der Waals surface area contributed by atoms with Crippen LogP contribution in [-0.2, 0) is 38.1 Å². The highest BCUT2D eigenvalue weighted by atomic mass is 16.7. The van der Waals surface area contributed by atoms with E-state index in [0.717, 1.165) is 45.3 Å². The first-order valence-electron chi connectivity index (χ1n) is 19.9. The number of carbonyl (C=O) groups is 4. The van der Waals surface area contributed by atoms with Crippen molar-refractivity contribution < 1.29 is 73.5 Å². The largest absolute Gasteiger partial charge is 0.479 e. The number of carbonyl (C=O) groups excluding carboxylic acids is 3.